The van der Waals surface area contributed by atoms with Crippen LogP contribution in [-0.4, -0.2) is 45.2 Å². The minimum atomic E-state index is -3.81. The number of aromatic nitrogens is 1. The van der Waals surface area contributed by atoms with Crippen molar-refractivity contribution in [3.63, 3.8) is 0 Å². The van der Waals surface area contributed by atoms with E-state index in [-0.39, 0.29) is 17.8 Å². The smallest absolute Gasteiger partial charge is 0.340 e. The van der Waals surface area contributed by atoms with Gasteiger partial charge in [-0.3, -0.25) is 14.1 Å². The van der Waals surface area contributed by atoms with Crippen molar-refractivity contribution in [2.24, 2.45) is 0 Å². The Labute approximate surface area is 151 Å². The van der Waals surface area contributed by atoms with Crippen molar-refractivity contribution in [2.45, 2.75) is 6.54 Å². The third kappa shape index (κ3) is 5.03. The molecule has 1 N–H and O–H groups in total. The zero-order chi connectivity index (χ0) is 19.2. The predicted octanol–water partition coefficient (Wildman–Crippen LogP) is 0.951. The Bertz CT molecular complexity index is 884. The number of pyridine rings is 1. The third-order valence-corrected chi connectivity index (χ3v) is 4.58. The second-order valence-electron chi connectivity index (χ2n) is 5.38. The highest BCUT2D eigenvalue weighted by atomic mass is 32.2. The number of anilines is 1. The summed E-state index contributed by atoms with van der Waals surface area (Å²) in [5, 5.41) is 2.61. The van der Waals surface area contributed by atoms with Crippen LogP contribution in [0.25, 0.3) is 0 Å². The van der Waals surface area contributed by atoms with Gasteiger partial charge in [0.25, 0.3) is 0 Å². The molecule has 0 saturated heterocycles. The summed E-state index contributed by atoms with van der Waals surface area (Å²) in [5.74, 6) is -1.22. The molecule has 0 saturated carbocycles. The lowest BCUT2D eigenvalue weighted by Crippen LogP contribution is -2.41. The largest absolute Gasteiger partial charge is 0.465 e. The summed E-state index contributed by atoms with van der Waals surface area (Å²) in [7, 11) is -2.61. The molecule has 1 amide bonds. The van der Waals surface area contributed by atoms with Gasteiger partial charge in [0.15, 0.2) is 0 Å². The van der Waals surface area contributed by atoms with Gasteiger partial charge in [-0.25, -0.2) is 13.2 Å². The molecule has 0 spiro atoms. The van der Waals surface area contributed by atoms with Gasteiger partial charge in [-0.05, 0) is 24.3 Å². The number of nitrogens with one attached hydrogen (secondary N) is 1. The highest BCUT2D eigenvalue weighted by molar-refractivity contribution is 7.92. The fourth-order valence-electron chi connectivity index (χ4n) is 2.23. The van der Waals surface area contributed by atoms with Gasteiger partial charge < -0.3 is 10.1 Å². The van der Waals surface area contributed by atoms with E-state index < -0.39 is 28.4 Å². The van der Waals surface area contributed by atoms with E-state index in [1.165, 1.54) is 19.2 Å². The highest BCUT2D eigenvalue weighted by Crippen LogP contribution is 2.23. The fourth-order valence-corrected chi connectivity index (χ4v) is 3.10. The summed E-state index contributed by atoms with van der Waals surface area (Å²) >= 11 is 0. The molecule has 0 radical (unpaired) electrons. The Balaban J connectivity index is 2.21. The topological polar surface area (TPSA) is 106 Å². The quantitative estimate of drug-likeness (QED) is 0.720. The number of methoxy groups -OCH3 is 1. The number of ether oxygens (including phenoxy) is 1. The van der Waals surface area contributed by atoms with E-state index in [2.05, 4.69) is 15.0 Å². The number of esters is 1. The number of amides is 1. The van der Waals surface area contributed by atoms with Gasteiger partial charge in [0.2, 0.25) is 15.9 Å². The highest BCUT2D eigenvalue weighted by Gasteiger charge is 2.25. The van der Waals surface area contributed by atoms with E-state index in [0.29, 0.717) is 5.69 Å². The lowest BCUT2D eigenvalue weighted by atomic mass is 10.2. The first-order chi connectivity index (χ1) is 12.3. The van der Waals surface area contributed by atoms with Gasteiger partial charge >= 0.3 is 5.97 Å². The molecule has 0 atom stereocenters. The standard InChI is InChI=1S/C17H19N3O5S/c1-25-17(22)14-8-3-4-9-15(14)20(26(2,23)24)12-16(21)19-11-13-7-5-6-10-18-13/h3-10H,11-12H2,1-2H3,(H,19,21). The van der Waals surface area contributed by atoms with Gasteiger partial charge in [0.05, 0.1) is 36.9 Å². The Morgan fingerprint density at radius 1 is 1.15 bits per heavy atom. The summed E-state index contributed by atoms with van der Waals surface area (Å²) in [6.45, 7) is -0.310. The molecule has 138 valence electrons. The molecule has 26 heavy (non-hydrogen) atoms. The Morgan fingerprint density at radius 3 is 2.46 bits per heavy atom. The van der Waals surface area contributed by atoms with Crippen LogP contribution in [-0.2, 0) is 26.1 Å². The zero-order valence-electron chi connectivity index (χ0n) is 14.4. The van der Waals surface area contributed by atoms with Crippen molar-refractivity contribution >= 4 is 27.6 Å². The van der Waals surface area contributed by atoms with Crippen molar-refractivity contribution in [2.75, 3.05) is 24.2 Å². The van der Waals surface area contributed by atoms with Crippen LogP contribution in [0.2, 0.25) is 0 Å². The van der Waals surface area contributed by atoms with Crippen LogP contribution in [0, 0.1) is 0 Å². The van der Waals surface area contributed by atoms with Crippen molar-refractivity contribution in [1.29, 1.82) is 0 Å². The normalized spacial score (nSPS) is 10.8. The lowest BCUT2D eigenvalue weighted by molar-refractivity contribution is -0.119. The molecule has 0 aliphatic heterocycles. The second kappa shape index (κ2) is 8.43. The fraction of sp³-hybridized carbons (Fsp3) is 0.235. The average molecular weight is 377 g/mol. The summed E-state index contributed by atoms with van der Waals surface area (Å²) in [6, 6.07) is 11.3. The van der Waals surface area contributed by atoms with Crippen molar-refractivity contribution in [3.8, 4) is 0 Å². The minimum Gasteiger partial charge on any atom is -0.465 e. The molecular formula is C17H19N3O5S. The van der Waals surface area contributed by atoms with E-state index >= 15 is 0 Å². The molecule has 8 nitrogen and oxygen atoms in total. The predicted molar refractivity (Wildman–Crippen MR) is 96.1 cm³/mol. The van der Waals surface area contributed by atoms with Gasteiger partial charge in [-0.2, -0.15) is 0 Å². The lowest BCUT2D eigenvalue weighted by Gasteiger charge is -2.23. The first-order valence-electron chi connectivity index (χ1n) is 7.64. The SMILES string of the molecule is COC(=O)c1ccccc1N(CC(=O)NCc1ccccn1)S(C)(=O)=O. The van der Waals surface area contributed by atoms with Crippen LogP contribution >= 0.6 is 0 Å². The first kappa shape index (κ1) is 19.4. The Kier molecular flexibility index (Phi) is 6.29. The maximum atomic E-state index is 12.2. The molecule has 2 aromatic rings. The first-order valence-corrected chi connectivity index (χ1v) is 9.49. The molecule has 0 fully saturated rings. The van der Waals surface area contributed by atoms with Crippen LogP contribution in [0.15, 0.2) is 48.7 Å². The number of hydrogen-bond acceptors (Lipinski definition) is 6. The molecule has 0 unspecified atom stereocenters. The van der Waals surface area contributed by atoms with Gasteiger partial charge in [-0.15, -0.1) is 0 Å². The number of sulfonamides is 1. The van der Waals surface area contributed by atoms with Crippen LogP contribution in [0.5, 0.6) is 0 Å². The molecule has 9 heteroatoms. The van der Waals surface area contributed by atoms with E-state index in [0.717, 1.165) is 10.6 Å². The summed E-state index contributed by atoms with van der Waals surface area (Å²) in [6.07, 6.45) is 2.56. The number of carbonyl (C=O) groups excluding carboxylic acids is 2. The monoisotopic (exact) mass is 377 g/mol. The number of rotatable bonds is 7. The molecular weight excluding hydrogens is 358 g/mol. The van der Waals surface area contributed by atoms with Crippen LogP contribution in [0.1, 0.15) is 16.1 Å². The molecule has 1 aromatic heterocycles. The molecule has 2 rings (SSSR count). The number of carbonyl (C=O) groups is 2. The number of para-hydroxylation sites is 1. The zero-order valence-corrected chi connectivity index (χ0v) is 15.2. The van der Waals surface area contributed by atoms with Gasteiger partial charge in [0.1, 0.15) is 6.54 Å². The molecule has 0 aliphatic carbocycles. The minimum absolute atomic E-state index is 0.0537. The maximum Gasteiger partial charge on any atom is 0.340 e. The van der Waals surface area contributed by atoms with E-state index in [9.17, 15) is 18.0 Å². The van der Waals surface area contributed by atoms with Gasteiger partial charge in [-0.1, -0.05) is 18.2 Å². The van der Waals surface area contributed by atoms with Crippen molar-refractivity contribution in [1.82, 2.24) is 10.3 Å². The molecule has 1 heterocycles. The molecule has 1 aromatic carbocycles. The maximum absolute atomic E-state index is 12.2. The van der Waals surface area contributed by atoms with Crippen molar-refractivity contribution < 1.29 is 22.7 Å². The number of benzene rings is 1. The third-order valence-electron chi connectivity index (χ3n) is 3.46. The van der Waals surface area contributed by atoms with Crippen LogP contribution < -0.4 is 9.62 Å². The van der Waals surface area contributed by atoms with E-state index in [1.54, 1.807) is 36.5 Å². The summed E-state index contributed by atoms with van der Waals surface area (Å²) in [4.78, 5) is 28.2. The Hall–Kier alpha value is -2.94. The number of nitrogens with zero attached hydrogens (tertiary/aromatic N) is 2. The van der Waals surface area contributed by atoms with E-state index in [4.69, 9.17) is 0 Å². The molecule has 0 bridgehead atoms. The molecule has 0 aliphatic rings. The summed E-state index contributed by atoms with van der Waals surface area (Å²) in [5.41, 5.74) is 0.773. The van der Waals surface area contributed by atoms with Gasteiger partial charge in [0, 0.05) is 6.20 Å². The summed E-state index contributed by atoms with van der Waals surface area (Å²) < 4.78 is 29.9. The Morgan fingerprint density at radius 2 is 1.85 bits per heavy atom. The van der Waals surface area contributed by atoms with Crippen molar-refractivity contribution in [3.05, 3.63) is 59.9 Å². The van der Waals surface area contributed by atoms with E-state index in [1.807, 2.05) is 0 Å². The average Bonchev–Trinajstić information content (AvgIpc) is 2.63. The van der Waals surface area contributed by atoms with Crippen LogP contribution in [0.3, 0.4) is 0 Å². The second-order valence-corrected chi connectivity index (χ2v) is 7.28. The number of hydrogen-bond donors (Lipinski definition) is 1. The van der Waals surface area contributed by atoms with Crippen LogP contribution in [0.4, 0.5) is 5.69 Å².